The van der Waals surface area contributed by atoms with Crippen LogP contribution in [0.15, 0.2) is 24.3 Å². The van der Waals surface area contributed by atoms with E-state index in [4.69, 9.17) is 0 Å². The molecule has 0 atom stereocenters. The molecule has 1 nitrogen and oxygen atoms in total. The van der Waals surface area contributed by atoms with Crippen LogP contribution in [0.3, 0.4) is 0 Å². The zero-order valence-electron chi connectivity index (χ0n) is 9.67. The summed E-state index contributed by atoms with van der Waals surface area (Å²) in [6.45, 7) is 5.76. The fraction of sp³-hybridized carbons (Fsp3) is 0.500. The van der Waals surface area contributed by atoms with Crippen molar-refractivity contribution in [2.45, 2.75) is 26.1 Å². The van der Waals surface area contributed by atoms with Crippen LogP contribution in [0.2, 0.25) is 12.6 Å². The molecule has 14 heavy (non-hydrogen) atoms. The van der Waals surface area contributed by atoms with Crippen molar-refractivity contribution in [1.82, 2.24) is 4.90 Å². The smallest absolute Gasteiger partial charge is 0.0825 e. The van der Waals surface area contributed by atoms with E-state index in [1.54, 1.807) is 5.19 Å². The van der Waals surface area contributed by atoms with Crippen LogP contribution in [0.25, 0.3) is 0 Å². The molecule has 0 saturated heterocycles. The first-order chi connectivity index (χ1) is 6.65. The lowest BCUT2D eigenvalue weighted by atomic mass is 10.2. The van der Waals surface area contributed by atoms with Gasteiger partial charge in [0.1, 0.15) is 0 Å². The number of hydrogen-bond acceptors (Lipinski definition) is 1. The summed E-state index contributed by atoms with van der Waals surface area (Å²) in [6.07, 6.45) is 0. The van der Waals surface area contributed by atoms with Crippen LogP contribution in [0.5, 0.6) is 0 Å². The van der Waals surface area contributed by atoms with E-state index >= 15 is 0 Å². The maximum Gasteiger partial charge on any atom is 0.0825 e. The molecule has 0 bridgehead atoms. The lowest BCUT2D eigenvalue weighted by Crippen LogP contribution is -2.31. The van der Waals surface area contributed by atoms with Crippen molar-refractivity contribution in [2.75, 3.05) is 14.1 Å². The molecule has 0 unspecified atom stereocenters. The molecule has 0 spiro atoms. The summed E-state index contributed by atoms with van der Waals surface area (Å²) in [6, 6.07) is 10.2. The van der Waals surface area contributed by atoms with Crippen molar-refractivity contribution >= 4 is 14.0 Å². The Labute approximate surface area is 89.4 Å². The Bertz CT molecular complexity index is 283. The molecular weight excluding hydrogens is 186 g/mol. The van der Waals surface area contributed by atoms with Crippen LogP contribution in [0.1, 0.15) is 12.5 Å². The highest BCUT2D eigenvalue weighted by atomic mass is 28.3. The second-order valence-electron chi connectivity index (χ2n) is 4.03. The van der Waals surface area contributed by atoms with Crippen LogP contribution >= 0.6 is 0 Å². The normalized spacial score (nSPS) is 11.3. The van der Waals surface area contributed by atoms with Gasteiger partial charge in [0.25, 0.3) is 0 Å². The minimum atomic E-state index is -0.308. The van der Waals surface area contributed by atoms with Gasteiger partial charge in [-0.1, -0.05) is 49.0 Å². The standard InChI is InChI=1S/C12H20NSi/c1-5-14(4)12-9-7-6-8-11(12)10-13(2)3/h6-9H,5,10H2,1-4H3. The van der Waals surface area contributed by atoms with E-state index < -0.39 is 0 Å². The first kappa shape index (κ1) is 11.5. The highest BCUT2D eigenvalue weighted by Gasteiger charge is 2.09. The molecule has 0 fully saturated rings. The van der Waals surface area contributed by atoms with Crippen molar-refractivity contribution in [3.8, 4) is 0 Å². The fourth-order valence-corrected chi connectivity index (χ4v) is 3.08. The van der Waals surface area contributed by atoms with E-state index in [-0.39, 0.29) is 8.80 Å². The topological polar surface area (TPSA) is 3.24 Å². The number of rotatable bonds is 4. The van der Waals surface area contributed by atoms with Gasteiger partial charge >= 0.3 is 0 Å². The van der Waals surface area contributed by atoms with Crippen LogP contribution in [-0.2, 0) is 6.54 Å². The van der Waals surface area contributed by atoms with E-state index in [9.17, 15) is 0 Å². The van der Waals surface area contributed by atoms with E-state index in [1.807, 2.05) is 0 Å². The predicted molar refractivity (Wildman–Crippen MR) is 65.6 cm³/mol. The van der Waals surface area contributed by atoms with Gasteiger partial charge in [0.2, 0.25) is 0 Å². The average Bonchev–Trinajstić information content (AvgIpc) is 2.16. The van der Waals surface area contributed by atoms with Gasteiger partial charge in [0.15, 0.2) is 0 Å². The molecule has 0 saturated carbocycles. The minimum absolute atomic E-state index is 0.308. The van der Waals surface area contributed by atoms with Gasteiger partial charge in [-0.3, -0.25) is 0 Å². The largest absolute Gasteiger partial charge is 0.305 e. The Kier molecular flexibility index (Phi) is 4.36. The molecule has 77 valence electrons. The molecule has 2 heteroatoms. The average molecular weight is 206 g/mol. The van der Waals surface area contributed by atoms with Gasteiger partial charge in [-0.25, -0.2) is 0 Å². The Morgan fingerprint density at radius 3 is 2.43 bits per heavy atom. The molecule has 1 aromatic carbocycles. The van der Waals surface area contributed by atoms with E-state index in [0.29, 0.717) is 0 Å². The van der Waals surface area contributed by atoms with Crippen LogP contribution in [-0.4, -0.2) is 27.8 Å². The van der Waals surface area contributed by atoms with Gasteiger partial charge in [-0.15, -0.1) is 0 Å². The lowest BCUT2D eigenvalue weighted by molar-refractivity contribution is 0.403. The molecule has 1 aromatic rings. The fourth-order valence-electron chi connectivity index (χ4n) is 1.61. The Morgan fingerprint density at radius 2 is 1.86 bits per heavy atom. The molecule has 0 amide bonds. The zero-order chi connectivity index (χ0) is 10.6. The van der Waals surface area contributed by atoms with Crippen molar-refractivity contribution in [1.29, 1.82) is 0 Å². The first-order valence-corrected chi connectivity index (χ1v) is 7.41. The minimum Gasteiger partial charge on any atom is -0.305 e. The highest BCUT2D eigenvalue weighted by Crippen LogP contribution is 2.03. The molecule has 0 aliphatic rings. The van der Waals surface area contributed by atoms with Gasteiger partial charge in [0.05, 0.1) is 8.80 Å². The van der Waals surface area contributed by atoms with Crippen molar-refractivity contribution < 1.29 is 0 Å². The zero-order valence-corrected chi connectivity index (χ0v) is 10.7. The van der Waals surface area contributed by atoms with Crippen molar-refractivity contribution in [3.05, 3.63) is 29.8 Å². The van der Waals surface area contributed by atoms with E-state index in [2.05, 4.69) is 56.7 Å². The predicted octanol–water partition coefficient (Wildman–Crippen LogP) is 2.10. The third-order valence-electron chi connectivity index (χ3n) is 2.49. The van der Waals surface area contributed by atoms with Gasteiger partial charge in [-0.05, 0) is 19.7 Å². The molecule has 1 rings (SSSR count). The summed E-state index contributed by atoms with van der Waals surface area (Å²) in [4.78, 5) is 2.24. The Morgan fingerprint density at radius 1 is 1.21 bits per heavy atom. The Hall–Kier alpha value is -0.603. The molecular formula is C12H20NSi. The van der Waals surface area contributed by atoms with Crippen LogP contribution < -0.4 is 5.19 Å². The van der Waals surface area contributed by atoms with Gasteiger partial charge in [0, 0.05) is 6.54 Å². The molecule has 0 aliphatic carbocycles. The number of nitrogens with zero attached hydrogens (tertiary/aromatic N) is 1. The molecule has 0 heterocycles. The third kappa shape index (κ3) is 2.96. The second kappa shape index (κ2) is 5.32. The monoisotopic (exact) mass is 206 g/mol. The summed E-state index contributed by atoms with van der Waals surface area (Å²) in [7, 11) is 3.95. The summed E-state index contributed by atoms with van der Waals surface area (Å²) >= 11 is 0. The maximum absolute atomic E-state index is 2.40. The SMILES string of the molecule is CC[Si](C)c1ccccc1CN(C)C. The first-order valence-electron chi connectivity index (χ1n) is 5.20. The highest BCUT2D eigenvalue weighted by molar-refractivity contribution is 6.72. The lowest BCUT2D eigenvalue weighted by Gasteiger charge is -2.16. The van der Waals surface area contributed by atoms with Crippen LogP contribution in [0.4, 0.5) is 0 Å². The quantitative estimate of drug-likeness (QED) is 0.682. The van der Waals surface area contributed by atoms with E-state index in [1.165, 1.54) is 11.6 Å². The summed E-state index contributed by atoms with van der Waals surface area (Å²) in [5.41, 5.74) is 1.51. The summed E-state index contributed by atoms with van der Waals surface area (Å²) in [5.74, 6) is 0. The maximum atomic E-state index is 2.40. The van der Waals surface area contributed by atoms with Crippen molar-refractivity contribution in [2.24, 2.45) is 0 Å². The molecule has 1 radical (unpaired) electrons. The molecule has 0 aliphatic heterocycles. The molecule has 0 N–H and O–H groups in total. The number of benzene rings is 1. The summed E-state index contributed by atoms with van der Waals surface area (Å²) in [5, 5.41) is 1.61. The van der Waals surface area contributed by atoms with Crippen molar-refractivity contribution in [3.63, 3.8) is 0 Å². The van der Waals surface area contributed by atoms with Gasteiger partial charge in [-0.2, -0.15) is 0 Å². The molecule has 0 aromatic heterocycles. The Balaban J connectivity index is 2.91. The van der Waals surface area contributed by atoms with Gasteiger partial charge < -0.3 is 4.90 Å². The van der Waals surface area contributed by atoms with E-state index in [0.717, 1.165) is 6.54 Å². The second-order valence-corrected chi connectivity index (χ2v) is 6.84. The summed E-state index contributed by atoms with van der Waals surface area (Å²) < 4.78 is 0. The van der Waals surface area contributed by atoms with Crippen LogP contribution in [0, 0.1) is 0 Å². The third-order valence-corrected chi connectivity index (χ3v) is 4.96. The number of hydrogen-bond donors (Lipinski definition) is 0.